The highest BCUT2D eigenvalue weighted by molar-refractivity contribution is 5.91. The molecule has 1 N–H and O–H groups in total. The van der Waals surface area contributed by atoms with E-state index < -0.39 is 5.97 Å². The molecule has 7 nitrogen and oxygen atoms in total. The second kappa shape index (κ2) is 10.4. The number of carboxylic acids is 1. The fraction of sp³-hybridized carbons (Fsp3) is 0.111. The first-order chi connectivity index (χ1) is 16.6. The van der Waals surface area contributed by atoms with E-state index in [2.05, 4.69) is 6.07 Å². The Balaban J connectivity index is 1.70. The number of carbonyl (C=O) groups is 1. The van der Waals surface area contributed by atoms with Gasteiger partial charge >= 0.3 is 5.97 Å². The summed E-state index contributed by atoms with van der Waals surface area (Å²) in [5.74, 6) is -0.272. The number of aromatic nitrogens is 1. The number of benzene rings is 3. The number of aromatic carboxylic acids is 1. The summed E-state index contributed by atoms with van der Waals surface area (Å²) in [6.07, 6.45) is 3.51. The summed E-state index contributed by atoms with van der Waals surface area (Å²) in [5.41, 5.74) is 3.64. The average Bonchev–Trinajstić information content (AvgIpc) is 3.31. The SMILES string of the molecule is COCOc1cc(-n2cc(C#N)c(-c3ccccc3OCc3ccccc3)c2)ccc1C(=O)O. The molecule has 3 aromatic carbocycles. The molecule has 0 atom stereocenters. The van der Waals surface area contributed by atoms with E-state index in [-0.39, 0.29) is 18.1 Å². The van der Waals surface area contributed by atoms with Gasteiger partial charge in [0.15, 0.2) is 6.79 Å². The molecule has 0 saturated heterocycles. The van der Waals surface area contributed by atoms with Crippen LogP contribution in [0.4, 0.5) is 0 Å². The largest absolute Gasteiger partial charge is 0.488 e. The number of nitrogens with zero attached hydrogens (tertiary/aromatic N) is 2. The molecular formula is C27H22N2O5. The Morgan fingerprint density at radius 2 is 1.71 bits per heavy atom. The first kappa shape index (κ1) is 22.6. The van der Waals surface area contributed by atoms with Crippen LogP contribution in [0.1, 0.15) is 21.5 Å². The van der Waals surface area contributed by atoms with Gasteiger partial charge in [0.05, 0.1) is 5.56 Å². The van der Waals surface area contributed by atoms with E-state index in [0.717, 1.165) is 11.1 Å². The maximum absolute atomic E-state index is 11.5. The molecule has 170 valence electrons. The fourth-order valence-corrected chi connectivity index (χ4v) is 3.55. The normalized spacial score (nSPS) is 10.5. The van der Waals surface area contributed by atoms with Crippen molar-refractivity contribution in [1.29, 1.82) is 5.26 Å². The van der Waals surface area contributed by atoms with Crippen LogP contribution >= 0.6 is 0 Å². The van der Waals surface area contributed by atoms with Gasteiger partial charge in [0.25, 0.3) is 0 Å². The molecule has 0 fully saturated rings. The summed E-state index contributed by atoms with van der Waals surface area (Å²) >= 11 is 0. The van der Waals surface area contributed by atoms with Crippen LogP contribution in [0, 0.1) is 11.3 Å². The zero-order chi connectivity index (χ0) is 23.9. The second-order valence-corrected chi connectivity index (χ2v) is 7.41. The Morgan fingerprint density at radius 3 is 2.44 bits per heavy atom. The Bertz CT molecular complexity index is 1340. The van der Waals surface area contributed by atoms with Crippen LogP contribution in [0.25, 0.3) is 16.8 Å². The summed E-state index contributed by atoms with van der Waals surface area (Å²) in [4.78, 5) is 11.5. The Hall–Kier alpha value is -4.54. The smallest absolute Gasteiger partial charge is 0.339 e. The van der Waals surface area contributed by atoms with Crippen molar-refractivity contribution in [3.8, 4) is 34.4 Å². The molecule has 7 heteroatoms. The number of carboxylic acid groups (broad SMARTS) is 1. The molecule has 1 aromatic heterocycles. The molecule has 0 spiro atoms. The minimum absolute atomic E-state index is 0.0216. The van der Waals surface area contributed by atoms with Gasteiger partial charge in [-0.1, -0.05) is 48.5 Å². The highest BCUT2D eigenvalue weighted by Crippen LogP contribution is 2.34. The second-order valence-electron chi connectivity index (χ2n) is 7.41. The van der Waals surface area contributed by atoms with Crippen molar-refractivity contribution < 1.29 is 24.1 Å². The number of nitriles is 1. The molecule has 0 aliphatic carbocycles. The van der Waals surface area contributed by atoms with E-state index in [1.165, 1.54) is 13.2 Å². The van der Waals surface area contributed by atoms with Crippen LogP contribution in [0.5, 0.6) is 11.5 Å². The molecule has 4 aromatic rings. The predicted molar refractivity (Wildman–Crippen MR) is 126 cm³/mol. The number of hydrogen-bond acceptors (Lipinski definition) is 5. The van der Waals surface area contributed by atoms with Crippen molar-refractivity contribution in [2.24, 2.45) is 0 Å². The number of methoxy groups -OCH3 is 1. The van der Waals surface area contributed by atoms with E-state index >= 15 is 0 Å². The molecule has 0 amide bonds. The van der Waals surface area contributed by atoms with E-state index in [9.17, 15) is 15.2 Å². The first-order valence-corrected chi connectivity index (χ1v) is 10.5. The van der Waals surface area contributed by atoms with Gasteiger partial charge in [0.1, 0.15) is 29.7 Å². The van der Waals surface area contributed by atoms with Crippen LogP contribution in [0.2, 0.25) is 0 Å². The van der Waals surface area contributed by atoms with Gasteiger partial charge in [-0.25, -0.2) is 4.79 Å². The van der Waals surface area contributed by atoms with Gasteiger partial charge in [0.2, 0.25) is 0 Å². The summed E-state index contributed by atoms with van der Waals surface area (Å²) in [5, 5.41) is 19.2. The van der Waals surface area contributed by atoms with Crippen LogP contribution in [-0.2, 0) is 11.3 Å². The van der Waals surface area contributed by atoms with Gasteiger partial charge < -0.3 is 23.9 Å². The maximum atomic E-state index is 11.5. The van der Waals surface area contributed by atoms with E-state index in [0.29, 0.717) is 29.2 Å². The van der Waals surface area contributed by atoms with Gasteiger partial charge in [-0.05, 0) is 23.8 Å². The molecule has 0 saturated carbocycles. The van der Waals surface area contributed by atoms with Crippen molar-refractivity contribution in [3.05, 3.63) is 102 Å². The third kappa shape index (κ3) is 4.93. The van der Waals surface area contributed by atoms with Crippen molar-refractivity contribution in [2.75, 3.05) is 13.9 Å². The zero-order valence-electron chi connectivity index (χ0n) is 18.5. The molecule has 0 bridgehead atoms. The third-order valence-electron chi connectivity index (χ3n) is 5.19. The lowest BCUT2D eigenvalue weighted by atomic mass is 10.0. The topological polar surface area (TPSA) is 93.7 Å². The van der Waals surface area contributed by atoms with Gasteiger partial charge in [0, 0.05) is 42.4 Å². The molecule has 0 aliphatic rings. The highest BCUT2D eigenvalue weighted by Gasteiger charge is 2.17. The van der Waals surface area contributed by atoms with Crippen molar-refractivity contribution in [1.82, 2.24) is 4.57 Å². The minimum Gasteiger partial charge on any atom is -0.488 e. The van der Waals surface area contributed by atoms with E-state index in [4.69, 9.17) is 14.2 Å². The first-order valence-electron chi connectivity index (χ1n) is 10.5. The molecule has 0 radical (unpaired) electrons. The zero-order valence-corrected chi connectivity index (χ0v) is 18.5. The average molecular weight is 454 g/mol. The quantitative estimate of drug-likeness (QED) is 0.346. The molecular weight excluding hydrogens is 432 g/mol. The van der Waals surface area contributed by atoms with E-state index in [1.807, 2.05) is 60.8 Å². The lowest BCUT2D eigenvalue weighted by molar-refractivity contribution is 0.0483. The number of para-hydroxylation sites is 1. The minimum atomic E-state index is -1.10. The fourth-order valence-electron chi connectivity index (χ4n) is 3.55. The number of hydrogen-bond donors (Lipinski definition) is 1. The van der Waals surface area contributed by atoms with Gasteiger partial charge in [-0.3, -0.25) is 0 Å². The van der Waals surface area contributed by atoms with E-state index in [1.54, 1.807) is 22.9 Å². The molecule has 0 aliphatic heterocycles. The molecule has 0 unspecified atom stereocenters. The molecule has 34 heavy (non-hydrogen) atoms. The Labute approximate surface area is 197 Å². The van der Waals surface area contributed by atoms with Gasteiger partial charge in [-0.2, -0.15) is 5.26 Å². The monoisotopic (exact) mass is 454 g/mol. The number of rotatable bonds is 9. The van der Waals surface area contributed by atoms with Crippen LogP contribution in [0.3, 0.4) is 0 Å². The van der Waals surface area contributed by atoms with Crippen LogP contribution in [-0.4, -0.2) is 29.5 Å². The van der Waals surface area contributed by atoms with Crippen molar-refractivity contribution in [3.63, 3.8) is 0 Å². The van der Waals surface area contributed by atoms with Crippen LogP contribution in [0.15, 0.2) is 85.2 Å². The number of ether oxygens (including phenoxy) is 3. The predicted octanol–water partition coefficient (Wildman–Crippen LogP) is 5.28. The van der Waals surface area contributed by atoms with Crippen molar-refractivity contribution >= 4 is 5.97 Å². The summed E-state index contributed by atoms with van der Waals surface area (Å²) in [6, 6.07) is 24.4. The summed E-state index contributed by atoms with van der Waals surface area (Å²) < 4.78 is 18.2. The standard InChI is InChI=1S/C27H22N2O5/c1-32-18-34-26-13-21(11-12-23(26)27(30)31)29-15-20(14-28)24(16-29)22-9-5-6-10-25(22)33-17-19-7-3-2-4-8-19/h2-13,15-16H,17-18H2,1H3,(H,30,31). The Kier molecular flexibility index (Phi) is 6.92. The third-order valence-corrected chi connectivity index (χ3v) is 5.19. The molecule has 4 rings (SSSR count). The summed E-state index contributed by atoms with van der Waals surface area (Å²) in [6.45, 7) is 0.313. The van der Waals surface area contributed by atoms with Gasteiger partial charge in [-0.15, -0.1) is 0 Å². The highest BCUT2D eigenvalue weighted by atomic mass is 16.7. The lowest BCUT2D eigenvalue weighted by Crippen LogP contribution is -2.06. The lowest BCUT2D eigenvalue weighted by Gasteiger charge is -2.12. The summed E-state index contributed by atoms with van der Waals surface area (Å²) in [7, 11) is 1.46. The molecule has 1 heterocycles. The van der Waals surface area contributed by atoms with Crippen molar-refractivity contribution in [2.45, 2.75) is 6.61 Å². The Morgan fingerprint density at radius 1 is 0.941 bits per heavy atom. The van der Waals surface area contributed by atoms with Crippen LogP contribution < -0.4 is 9.47 Å². The maximum Gasteiger partial charge on any atom is 0.339 e.